The van der Waals surface area contributed by atoms with Gasteiger partial charge in [-0.05, 0) is 18.2 Å². The summed E-state index contributed by atoms with van der Waals surface area (Å²) >= 11 is 0. The van der Waals surface area contributed by atoms with Gasteiger partial charge in [0.2, 0.25) is 5.95 Å². The molecule has 3 heterocycles. The lowest BCUT2D eigenvalue weighted by Crippen LogP contribution is -2.50. The van der Waals surface area contributed by atoms with E-state index >= 15 is 0 Å². The van der Waals surface area contributed by atoms with E-state index in [-0.39, 0.29) is 17.7 Å². The Morgan fingerprint density at radius 3 is 2.45 bits per heavy atom. The van der Waals surface area contributed by atoms with E-state index in [2.05, 4.69) is 25.3 Å². The molecule has 1 fully saturated rings. The maximum absolute atomic E-state index is 12.8. The number of piperazine rings is 1. The molecule has 0 saturated carbocycles. The van der Waals surface area contributed by atoms with E-state index in [0.717, 1.165) is 0 Å². The number of ether oxygens (including phenoxy) is 2. The Labute approximate surface area is 167 Å². The van der Waals surface area contributed by atoms with Gasteiger partial charge in [0.15, 0.2) is 5.82 Å². The zero-order chi connectivity index (χ0) is 20.2. The van der Waals surface area contributed by atoms with Crippen molar-refractivity contribution in [3.8, 4) is 11.6 Å². The number of nitrogens with one attached hydrogen (secondary N) is 1. The number of methoxy groups -OCH3 is 2. The second-order valence-corrected chi connectivity index (χ2v) is 6.39. The molecular weight excluding hydrogens is 374 g/mol. The molecule has 4 rings (SSSR count). The summed E-state index contributed by atoms with van der Waals surface area (Å²) in [6.07, 6.45) is 3.42. The summed E-state index contributed by atoms with van der Waals surface area (Å²) < 4.78 is 10.5. The number of benzene rings is 1. The van der Waals surface area contributed by atoms with Gasteiger partial charge in [0.05, 0.1) is 25.3 Å². The first-order valence-corrected chi connectivity index (χ1v) is 9.15. The van der Waals surface area contributed by atoms with E-state index in [0.29, 0.717) is 48.9 Å². The zero-order valence-electron chi connectivity index (χ0n) is 16.2. The topological polar surface area (TPSA) is 106 Å². The largest absolute Gasteiger partial charge is 0.497 e. The number of carbonyl (C=O) groups is 1. The van der Waals surface area contributed by atoms with E-state index < -0.39 is 0 Å². The highest BCUT2D eigenvalue weighted by molar-refractivity contribution is 5.91. The number of amides is 2. The summed E-state index contributed by atoms with van der Waals surface area (Å²) in [4.78, 5) is 34.0. The number of carbonyl (C=O) groups excluding carboxylic acids is 1. The van der Waals surface area contributed by atoms with Crippen LogP contribution in [0.25, 0.3) is 11.0 Å². The van der Waals surface area contributed by atoms with E-state index in [1.807, 2.05) is 4.90 Å². The van der Waals surface area contributed by atoms with Gasteiger partial charge in [-0.15, -0.1) is 0 Å². The Bertz CT molecular complexity index is 1010. The van der Waals surface area contributed by atoms with Crippen molar-refractivity contribution in [3.63, 3.8) is 0 Å². The summed E-state index contributed by atoms with van der Waals surface area (Å²) in [5.41, 5.74) is 1.25. The van der Waals surface area contributed by atoms with Gasteiger partial charge in [0.1, 0.15) is 5.75 Å². The number of fused-ring (bicyclic) bond motifs is 1. The lowest BCUT2D eigenvalue weighted by atomic mass is 10.3. The molecule has 1 aliphatic rings. The highest BCUT2D eigenvalue weighted by Crippen LogP contribution is 2.26. The van der Waals surface area contributed by atoms with Crippen molar-refractivity contribution < 1.29 is 14.3 Å². The standard InChI is InChI=1S/C19H21N7O3/c1-28-13-4-5-14-15(12-13)22-16(17(23-14)29-2)24-19(27)26-10-8-25(9-11-26)18-20-6-3-7-21-18/h3-7,12H,8-11H2,1-2H3,(H,22,24,27). The maximum Gasteiger partial charge on any atom is 0.323 e. The smallest absolute Gasteiger partial charge is 0.323 e. The molecule has 1 aromatic carbocycles. The van der Waals surface area contributed by atoms with Crippen LogP contribution in [0.2, 0.25) is 0 Å². The van der Waals surface area contributed by atoms with Gasteiger partial charge >= 0.3 is 6.03 Å². The van der Waals surface area contributed by atoms with Crippen molar-refractivity contribution >= 4 is 28.8 Å². The molecule has 0 spiro atoms. The van der Waals surface area contributed by atoms with Crippen LogP contribution in [0.5, 0.6) is 11.6 Å². The number of urea groups is 1. The van der Waals surface area contributed by atoms with Crippen molar-refractivity contribution in [2.75, 3.05) is 50.6 Å². The molecular formula is C19H21N7O3. The fourth-order valence-corrected chi connectivity index (χ4v) is 3.11. The minimum atomic E-state index is -0.256. The van der Waals surface area contributed by atoms with Crippen molar-refractivity contribution in [3.05, 3.63) is 36.7 Å². The zero-order valence-corrected chi connectivity index (χ0v) is 16.2. The van der Waals surface area contributed by atoms with Crippen LogP contribution in [0.3, 0.4) is 0 Å². The highest BCUT2D eigenvalue weighted by Gasteiger charge is 2.24. The first-order valence-electron chi connectivity index (χ1n) is 9.15. The predicted molar refractivity (Wildman–Crippen MR) is 107 cm³/mol. The van der Waals surface area contributed by atoms with Gasteiger partial charge in [-0.2, -0.15) is 0 Å². The van der Waals surface area contributed by atoms with Crippen molar-refractivity contribution in [2.45, 2.75) is 0 Å². The summed E-state index contributed by atoms with van der Waals surface area (Å²) in [5.74, 6) is 1.86. The number of hydrogen-bond acceptors (Lipinski definition) is 8. The van der Waals surface area contributed by atoms with E-state index in [1.165, 1.54) is 7.11 Å². The fraction of sp³-hybridized carbons (Fsp3) is 0.316. The van der Waals surface area contributed by atoms with Gasteiger partial charge in [-0.1, -0.05) is 0 Å². The molecule has 2 amide bonds. The summed E-state index contributed by atoms with van der Waals surface area (Å²) in [7, 11) is 3.08. The molecule has 0 aliphatic carbocycles. The molecule has 1 saturated heterocycles. The van der Waals surface area contributed by atoms with Gasteiger partial charge in [0.25, 0.3) is 5.88 Å². The molecule has 0 unspecified atom stereocenters. The minimum Gasteiger partial charge on any atom is -0.497 e. The van der Waals surface area contributed by atoms with Crippen LogP contribution in [-0.2, 0) is 0 Å². The quantitative estimate of drug-likeness (QED) is 0.713. The van der Waals surface area contributed by atoms with Crippen molar-refractivity contribution in [2.24, 2.45) is 0 Å². The molecule has 0 bridgehead atoms. The third kappa shape index (κ3) is 3.96. The average molecular weight is 395 g/mol. The van der Waals surface area contributed by atoms with Crippen LogP contribution in [0.4, 0.5) is 16.6 Å². The molecule has 10 heteroatoms. The predicted octanol–water partition coefficient (Wildman–Crippen LogP) is 1.79. The molecule has 1 aliphatic heterocycles. The van der Waals surface area contributed by atoms with E-state index in [1.54, 1.807) is 48.7 Å². The normalized spacial score (nSPS) is 14.0. The van der Waals surface area contributed by atoms with E-state index in [9.17, 15) is 4.79 Å². The second-order valence-electron chi connectivity index (χ2n) is 6.39. The van der Waals surface area contributed by atoms with Gasteiger partial charge < -0.3 is 19.3 Å². The van der Waals surface area contributed by atoms with Crippen molar-refractivity contribution in [1.82, 2.24) is 24.8 Å². The Morgan fingerprint density at radius 2 is 1.76 bits per heavy atom. The second kappa shape index (κ2) is 8.13. The Morgan fingerprint density at radius 1 is 1.00 bits per heavy atom. The van der Waals surface area contributed by atoms with Crippen molar-refractivity contribution in [1.29, 1.82) is 0 Å². The van der Waals surface area contributed by atoms with Crippen LogP contribution in [0.1, 0.15) is 0 Å². The summed E-state index contributed by atoms with van der Waals surface area (Å²) in [6, 6.07) is 6.87. The Kier molecular flexibility index (Phi) is 5.23. The third-order valence-electron chi connectivity index (χ3n) is 4.66. The molecule has 1 N–H and O–H groups in total. The lowest BCUT2D eigenvalue weighted by Gasteiger charge is -2.34. The summed E-state index contributed by atoms with van der Waals surface area (Å²) in [6.45, 7) is 2.38. The first-order chi connectivity index (χ1) is 14.2. The van der Waals surface area contributed by atoms with Crippen LogP contribution < -0.4 is 19.7 Å². The fourth-order valence-electron chi connectivity index (χ4n) is 3.11. The number of rotatable bonds is 4. The molecule has 0 atom stereocenters. The van der Waals surface area contributed by atoms with Crippen LogP contribution in [0.15, 0.2) is 36.7 Å². The van der Waals surface area contributed by atoms with Gasteiger partial charge in [0, 0.05) is 44.6 Å². The monoisotopic (exact) mass is 395 g/mol. The van der Waals surface area contributed by atoms with Crippen LogP contribution in [-0.4, -0.2) is 71.3 Å². The van der Waals surface area contributed by atoms with Gasteiger partial charge in [-0.25, -0.2) is 24.7 Å². The van der Waals surface area contributed by atoms with Crippen LogP contribution >= 0.6 is 0 Å². The molecule has 10 nitrogen and oxygen atoms in total. The number of aromatic nitrogens is 4. The highest BCUT2D eigenvalue weighted by atomic mass is 16.5. The number of hydrogen-bond donors (Lipinski definition) is 1. The molecule has 150 valence electrons. The van der Waals surface area contributed by atoms with Gasteiger partial charge in [-0.3, -0.25) is 5.32 Å². The molecule has 2 aromatic heterocycles. The Hall–Kier alpha value is -3.69. The first kappa shape index (κ1) is 18.7. The number of anilines is 2. The Balaban J connectivity index is 1.47. The molecule has 3 aromatic rings. The third-order valence-corrected chi connectivity index (χ3v) is 4.66. The number of nitrogens with zero attached hydrogens (tertiary/aromatic N) is 6. The van der Waals surface area contributed by atoms with E-state index in [4.69, 9.17) is 9.47 Å². The SMILES string of the molecule is COc1ccc2nc(OC)c(NC(=O)N3CCN(c4ncccn4)CC3)nc2c1. The average Bonchev–Trinajstić information content (AvgIpc) is 2.78. The maximum atomic E-state index is 12.8. The minimum absolute atomic E-state index is 0.256. The molecule has 29 heavy (non-hydrogen) atoms. The molecule has 0 radical (unpaired) electrons. The lowest BCUT2D eigenvalue weighted by molar-refractivity contribution is 0.207. The van der Waals surface area contributed by atoms with Crippen LogP contribution in [0, 0.1) is 0 Å². The summed E-state index contributed by atoms with van der Waals surface area (Å²) in [5, 5.41) is 2.81.